The maximum absolute atomic E-state index is 13.3. The molecule has 0 N–H and O–H groups in total. The van der Waals surface area contributed by atoms with E-state index in [2.05, 4.69) is 0 Å². The van der Waals surface area contributed by atoms with E-state index < -0.39 is 21.8 Å². The number of benzene rings is 1. The number of thiophene rings is 1. The first kappa shape index (κ1) is 19.8. The third-order valence-electron chi connectivity index (χ3n) is 5.20. The summed E-state index contributed by atoms with van der Waals surface area (Å²) >= 11 is 1.50. The first-order chi connectivity index (χ1) is 13.7. The zero-order valence-electron chi connectivity index (χ0n) is 16.2. The van der Waals surface area contributed by atoms with Crippen molar-refractivity contribution in [1.29, 1.82) is 0 Å². The number of aryl methyl sites for hydroxylation is 2. The Balaban J connectivity index is 1.76. The number of amides is 1. The minimum Gasteiger partial charge on any atom is -0.451 e. The molecule has 1 unspecified atom stereocenters. The highest BCUT2D eigenvalue weighted by Gasteiger charge is 2.36. The van der Waals surface area contributed by atoms with E-state index in [1.54, 1.807) is 6.07 Å². The number of rotatable bonds is 4. The average molecular weight is 432 g/mol. The lowest BCUT2D eigenvalue weighted by molar-refractivity contribution is 0.0651. The van der Waals surface area contributed by atoms with Crippen LogP contribution in [0.15, 0.2) is 44.9 Å². The van der Waals surface area contributed by atoms with E-state index in [9.17, 15) is 18.0 Å². The number of fused-ring (bicyclic) bond motifs is 1. The van der Waals surface area contributed by atoms with Crippen molar-refractivity contribution in [3.63, 3.8) is 0 Å². The minimum atomic E-state index is -3.17. The Morgan fingerprint density at radius 3 is 2.72 bits per heavy atom. The Morgan fingerprint density at radius 1 is 1.28 bits per heavy atom. The van der Waals surface area contributed by atoms with Crippen LogP contribution in [0.5, 0.6) is 0 Å². The second-order valence-electron chi connectivity index (χ2n) is 7.50. The molecule has 0 bridgehead atoms. The summed E-state index contributed by atoms with van der Waals surface area (Å²) in [4.78, 5) is 28.5. The number of hydrogen-bond acceptors (Lipinski definition) is 6. The van der Waals surface area contributed by atoms with Crippen LogP contribution in [-0.2, 0) is 16.4 Å². The van der Waals surface area contributed by atoms with Crippen molar-refractivity contribution in [1.82, 2.24) is 4.90 Å². The average Bonchev–Trinajstić information content (AvgIpc) is 3.27. The second-order valence-corrected chi connectivity index (χ2v) is 10.8. The molecule has 6 nitrogen and oxygen atoms in total. The smallest absolute Gasteiger partial charge is 0.290 e. The van der Waals surface area contributed by atoms with E-state index in [1.807, 2.05) is 37.4 Å². The summed E-state index contributed by atoms with van der Waals surface area (Å²) in [6, 6.07) is 8.21. The lowest BCUT2D eigenvalue weighted by Crippen LogP contribution is -2.40. The quantitative estimate of drug-likeness (QED) is 0.633. The monoisotopic (exact) mass is 431 g/mol. The molecular formula is C21H21NO5S2. The van der Waals surface area contributed by atoms with Crippen LogP contribution in [0.2, 0.25) is 0 Å². The molecule has 1 aliphatic heterocycles. The predicted molar refractivity (Wildman–Crippen MR) is 113 cm³/mol. The van der Waals surface area contributed by atoms with Crippen molar-refractivity contribution in [2.75, 3.05) is 11.5 Å². The topological polar surface area (TPSA) is 84.7 Å². The van der Waals surface area contributed by atoms with E-state index in [1.165, 1.54) is 22.3 Å². The van der Waals surface area contributed by atoms with Gasteiger partial charge in [-0.1, -0.05) is 12.1 Å². The number of nitrogens with zero attached hydrogens (tertiary/aromatic N) is 1. The summed E-state index contributed by atoms with van der Waals surface area (Å²) in [7, 11) is -3.17. The van der Waals surface area contributed by atoms with Crippen LogP contribution in [0.3, 0.4) is 0 Å². The lowest BCUT2D eigenvalue weighted by atomic mass is 10.1. The SMILES string of the molecule is Cc1cc(C)c2c(=O)cc(C(=O)N(Cc3cccs3)C3CCS(=O)(=O)C3)oc2c1. The fourth-order valence-electron chi connectivity index (χ4n) is 3.87. The van der Waals surface area contributed by atoms with Crippen LogP contribution < -0.4 is 5.43 Å². The lowest BCUT2D eigenvalue weighted by Gasteiger charge is -2.27. The van der Waals surface area contributed by atoms with Gasteiger partial charge in [0.15, 0.2) is 21.0 Å². The number of hydrogen-bond donors (Lipinski definition) is 0. The van der Waals surface area contributed by atoms with E-state index in [4.69, 9.17) is 4.42 Å². The molecule has 3 aromatic rings. The van der Waals surface area contributed by atoms with Crippen molar-refractivity contribution in [2.45, 2.75) is 32.9 Å². The molecule has 1 saturated heterocycles. The van der Waals surface area contributed by atoms with Gasteiger partial charge in [-0.15, -0.1) is 11.3 Å². The molecule has 0 spiro atoms. The van der Waals surface area contributed by atoms with Crippen molar-refractivity contribution >= 4 is 38.1 Å². The fraction of sp³-hybridized carbons (Fsp3) is 0.333. The van der Waals surface area contributed by atoms with Gasteiger partial charge < -0.3 is 9.32 Å². The number of carbonyl (C=O) groups is 1. The van der Waals surface area contributed by atoms with E-state index in [0.29, 0.717) is 17.4 Å². The van der Waals surface area contributed by atoms with Crippen molar-refractivity contribution in [2.24, 2.45) is 0 Å². The van der Waals surface area contributed by atoms with Gasteiger partial charge in [0.05, 0.1) is 23.4 Å². The van der Waals surface area contributed by atoms with Gasteiger partial charge in [-0.3, -0.25) is 9.59 Å². The molecule has 29 heavy (non-hydrogen) atoms. The van der Waals surface area contributed by atoms with Crippen molar-refractivity contribution in [3.8, 4) is 0 Å². The van der Waals surface area contributed by atoms with Gasteiger partial charge in [0, 0.05) is 17.0 Å². The Bertz CT molecular complexity index is 1240. The molecule has 8 heteroatoms. The third-order valence-corrected chi connectivity index (χ3v) is 7.81. The highest BCUT2D eigenvalue weighted by atomic mass is 32.2. The molecule has 0 saturated carbocycles. The highest BCUT2D eigenvalue weighted by molar-refractivity contribution is 7.91. The number of sulfone groups is 1. The van der Waals surface area contributed by atoms with Gasteiger partial charge in [0.25, 0.3) is 5.91 Å². The Hall–Kier alpha value is -2.45. The van der Waals surface area contributed by atoms with E-state index >= 15 is 0 Å². The fourth-order valence-corrected chi connectivity index (χ4v) is 6.30. The van der Waals surface area contributed by atoms with Crippen LogP contribution in [0.4, 0.5) is 0 Å². The molecule has 2 aromatic heterocycles. The van der Waals surface area contributed by atoms with Crippen molar-refractivity contribution < 1.29 is 17.6 Å². The Kier molecular flexibility index (Phi) is 5.08. The van der Waals surface area contributed by atoms with Crippen LogP contribution in [0.25, 0.3) is 11.0 Å². The normalized spacial score (nSPS) is 18.2. The molecule has 1 amide bonds. The third kappa shape index (κ3) is 4.00. The van der Waals surface area contributed by atoms with Crippen LogP contribution in [0.1, 0.15) is 33.0 Å². The summed E-state index contributed by atoms with van der Waals surface area (Å²) in [5, 5.41) is 2.37. The largest absolute Gasteiger partial charge is 0.451 e. The minimum absolute atomic E-state index is 0.0615. The number of carbonyl (C=O) groups excluding carboxylic acids is 1. The van der Waals surface area contributed by atoms with E-state index in [-0.39, 0.29) is 29.2 Å². The Labute approximate surface area is 172 Å². The first-order valence-electron chi connectivity index (χ1n) is 9.32. The molecule has 1 fully saturated rings. The molecule has 0 radical (unpaired) electrons. The van der Waals surface area contributed by atoms with Gasteiger partial charge in [0.1, 0.15) is 5.58 Å². The molecule has 4 rings (SSSR count). The van der Waals surface area contributed by atoms with Gasteiger partial charge >= 0.3 is 0 Å². The van der Waals surface area contributed by atoms with Crippen molar-refractivity contribution in [3.05, 3.63) is 67.7 Å². The van der Waals surface area contributed by atoms with Crippen LogP contribution in [0, 0.1) is 13.8 Å². The van der Waals surface area contributed by atoms with E-state index in [0.717, 1.165) is 16.0 Å². The van der Waals surface area contributed by atoms with Crippen LogP contribution in [-0.4, -0.2) is 36.8 Å². The molecule has 1 aromatic carbocycles. The summed E-state index contributed by atoms with van der Waals surface area (Å²) in [6.45, 7) is 4.01. The Morgan fingerprint density at radius 2 is 2.07 bits per heavy atom. The van der Waals surface area contributed by atoms with Gasteiger partial charge in [-0.25, -0.2) is 8.42 Å². The zero-order chi connectivity index (χ0) is 20.8. The summed E-state index contributed by atoms with van der Waals surface area (Å²) in [5.74, 6) is -0.529. The standard InChI is InChI=1S/C21H21NO5S2/c1-13-8-14(2)20-17(23)10-19(27-18(20)9-13)21(24)22(11-16-4-3-6-28-16)15-5-7-29(25,26)12-15/h3-4,6,8-10,15H,5,7,11-12H2,1-2H3. The predicted octanol–water partition coefficient (Wildman–Crippen LogP) is 3.30. The molecule has 3 heterocycles. The second kappa shape index (κ2) is 7.42. The zero-order valence-corrected chi connectivity index (χ0v) is 17.8. The van der Waals surface area contributed by atoms with Gasteiger partial charge in [-0.05, 0) is 48.9 Å². The molecule has 152 valence electrons. The van der Waals surface area contributed by atoms with Gasteiger partial charge in [-0.2, -0.15) is 0 Å². The molecular weight excluding hydrogens is 410 g/mol. The summed E-state index contributed by atoms with van der Waals surface area (Å²) in [5.41, 5.74) is 1.82. The van der Waals surface area contributed by atoms with Gasteiger partial charge in [0.2, 0.25) is 0 Å². The molecule has 0 aliphatic carbocycles. The maximum Gasteiger partial charge on any atom is 0.290 e. The molecule has 1 aliphatic rings. The summed E-state index contributed by atoms with van der Waals surface area (Å²) in [6.07, 6.45) is 0.384. The summed E-state index contributed by atoms with van der Waals surface area (Å²) < 4.78 is 29.8. The first-order valence-corrected chi connectivity index (χ1v) is 12.0. The van der Waals surface area contributed by atoms with Crippen LogP contribution >= 0.6 is 11.3 Å². The highest BCUT2D eigenvalue weighted by Crippen LogP contribution is 2.25. The maximum atomic E-state index is 13.3. The molecule has 1 atom stereocenters.